The number of amides is 1. The van der Waals surface area contributed by atoms with E-state index in [9.17, 15) is 18.8 Å². The first-order chi connectivity index (χ1) is 13.0. The van der Waals surface area contributed by atoms with Gasteiger partial charge in [-0.25, -0.2) is 4.39 Å². The maximum absolute atomic E-state index is 12.9. The van der Waals surface area contributed by atoms with Crippen molar-refractivity contribution in [1.82, 2.24) is 4.90 Å². The van der Waals surface area contributed by atoms with Crippen LogP contribution >= 0.6 is 0 Å². The number of halogens is 1. The summed E-state index contributed by atoms with van der Waals surface area (Å²) in [4.78, 5) is 38.3. The van der Waals surface area contributed by atoms with E-state index in [1.807, 2.05) is 37.3 Å². The Morgan fingerprint density at radius 3 is 2.48 bits per heavy atom. The van der Waals surface area contributed by atoms with Crippen molar-refractivity contribution in [1.29, 1.82) is 0 Å². The Hall–Kier alpha value is -3.02. The van der Waals surface area contributed by atoms with Crippen LogP contribution < -0.4 is 0 Å². The van der Waals surface area contributed by atoms with Crippen molar-refractivity contribution in [3.63, 3.8) is 0 Å². The van der Waals surface area contributed by atoms with Crippen LogP contribution in [0, 0.1) is 11.7 Å². The van der Waals surface area contributed by atoms with Gasteiger partial charge in [0.25, 0.3) is 0 Å². The first kappa shape index (κ1) is 18.8. The number of likely N-dealkylation sites (tertiary alicyclic amines) is 1. The number of ether oxygens (including phenoxy) is 1. The van der Waals surface area contributed by atoms with E-state index >= 15 is 0 Å². The molecule has 0 bridgehead atoms. The second-order valence-corrected chi connectivity index (χ2v) is 6.57. The summed E-state index contributed by atoms with van der Waals surface area (Å²) in [7, 11) is 0. The number of Topliss-reactive ketones (excluding diaryl/α,β-unsaturated/α-hetero) is 1. The average molecular weight is 369 g/mol. The first-order valence-electron chi connectivity index (χ1n) is 8.75. The van der Waals surface area contributed by atoms with E-state index in [0.29, 0.717) is 0 Å². The van der Waals surface area contributed by atoms with Gasteiger partial charge in [-0.15, -0.1) is 0 Å². The minimum atomic E-state index is -0.593. The molecule has 1 fully saturated rings. The summed E-state index contributed by atoms with van der Waals surface area (Å²) in [5, 5.41) is 0. The minimum Gasteiger partial charge on any atom is -0.457 e. The van der Waals surface area contributed by atoms with Gasteiger partial charge in [-0.1, -0.05) is 30.3 Å². The highest BCUT2D eigenvalue weighted by Gasteiger charge is 2.38. The van der Waals surface area contributed by atoms with Crippen LogP contribution in [0.2, 0.25) is 0 Å². The molecule has 5 nitrogen and oxygen atoms in total. The average Bonchev–Trinajstić information content (AvgIpc) is 3.08. The predicted molar refractivity (Wildman–Crippen MR) is 96.4 cm³/mol. The van der Waals surface area contributed by atoms with E-state index in [4.69, 9.17) is 4.74 Å². The highest BCUT2D eigenvalue weighted by Crippen LogP contribution is 2.29. The maximum Gasteiger partial charge on any atom is 0.311 e. The maximum atomic E-state index is 12.9. The Morgan fingerprint density at radius 2 is 1.81 bits per heavy atom. The molecule has 2 aromatic rings. The van der Waals surface area contributed by atoms with Gasteiger partial charge in [-0.3, -0.25) is 14.4 Å². The Labute approximate surface area is 156 Å². The van der Waals surface area contributed by atoms with Crippen LogP contribution in [0.5, 0.6) is 0 Å². The van der Waals surface area contributed by atoms with Gasteiger partial charge in [-0.05, 0) is 36.8 Å². The van der Waals surface area contributed by atoms with E-state index < -0.39 is 30.1 Å². The molecule has 0 spiro atoms. The van der Waals surface area contributed by atoms with Crippen molar-refractivity contribution in [2.24, 2.45) is 5.92 Å². The summed E-state index contributed by atoms with van der Waals surface area (Å²) in [6.45, 7) is 1.75. The zero-order valence-electron chi connectivity index (χ0n) is 14.9. The third kappa shape index (κ3) is 4.39. The van der Waals surface area contributed by atoms with E-state index in [-0.39, 0.29) is 30.5 Å². The Morgan fingerprint density at radius 1 is 1.15 bits per heavy atom. The first-order valence-corrected chi connectivity index (χ1v) is 8.75. The molecule has 27 heavy (non-hydrogen) atoms. The fourth-order valence-corrected chi connectivity index (χ4v) is 3.15. The van der Waals surface area contributed by atoms with Crippen LogP contribution in [-0.2, 0) is 14.3 Å². The summed E-state index contributed by atoms with van der Waals surface area (Å²) >= 11 is 0. The van der Waals surface area contributed by atoms with Gasteiger partial charge in [0.2, 0.25) is 5.91 Å². The molecule has 1 saturated heterocycles. The number of carbonyl (C=O) groups excluding carboxylic acids is 3. The molecule has 0 aromatic heterocycles. The lowest BCUT2D eigenvalue weighted by Gasteiger charge is -2.25. The summed E-state index contributed by atoms with van der Waals surface area (Å²) in [6.07, 6.45) is 0.0702. The lowest BCUT2D eigenvalue weighted by Crippen LogP contribution is -2.30. The van der Waals surface area contributed by atoms with E-state index in [2.05, 4.69) is 0 Å². The summed E-state index contributed by atoms with van der Waals surface area (Å²) < 4.78 is 18.0. The molecule has 1 aliphatic heterocycles. The van der Waals surface area contributed by atoms with Crippen LogP contribution in [0.4, 0.5) is 4.39 Å². The number of nitrogens with zero attached hydrogens (tertiary/aromatic N) is 1. The Balaban J connectivity index is 1.56. The fraction of sp³-hybridized carbons (Fsp3) is 0.286. The monoisotopic (exact) mass is 369 g/mol. The molecule has 1 amide bonds. The van der Waals surface area contributed by atoms with Crippen LogP contribution in [0.25, 0.3) is 0 Å². The molecule has 2 atom stereocenters. The molecule has 0 radical (unpaired) electrons. The van der Waals surface area contributed by atoms with Crippen LogP contribution in [0.1, 0.15) is 35.3 Å². The van der Waals surface area contributed by atoms with Gasteiger partial charge < -0.3 is 9.64 Å². The standard InChI is InChI=1S/C21H20FNO4/c1-14(15-5-3-2-4-6-15)23-12-17(11-20(23)25)21(26)27-13-19(24)16-7-9-18(22)10-8-16/h2-10,14,17H,11-13H2,1H3/t14-,17+/m0/s1. The number of benzene rings is 2. The van der Waals surface area contributed by atoms with Gasteiger partial charge in [-0.2, -0.15) is 0 Å². The molecule has 2 aromatic carbocycles. The van der Waals surface area contributed by atoms with Gasteiger partial charge in [0.05, 0.1) is 12.0 Å². The largest absolute Gasteiger partial charge is 0.457 e. The molecule has 3 rings (SSSR count). The molecule has 140 valence electrons. The van der Waals surface area contributed by atoms with Gasteiger partial charge >= 0.3 is 5.97 Å². The zero-order chi connectivity index (χ0) is 19.4. The fourth-order valence-electron chi connectivity index (χ4n) is 3.15. The summed E-state index contributed by atoms with van der Waals surface area (Å²) in [6, 6.07) is 14.5. The molecule has 0 N–H and O–H groups in total. The second-order valence-electron chi connectivity index (χ2n) is 6.57. The lowest BCUT2D eigenvalue weighted by atomic mass is 10.1. The van der Waals surface area contributed by atoms with Crippen molar-refractivity contribution < 1.29 is 23.5 Å². The molecule has 0 aliphatic carbocycles. The molecule has 1 heterocycles. The van der Waals surface area contributed by atoms with Crippen molar-refractivity contribution >= 4 is 17.7 Å². The Bertz CT molecular complexity index is 835. The van der Waals surface area contributed by atoms with E-state index in [1.165, 1.54) is 24.3 Å². The number of esters is 1. The van der Waals surface area contributed by atoms with E-state index in [1.54, 1.807) is 4.90 Å². The third-order valence-electron chi connectivity index (χ3n) is 4.75. The number of ketones is 1. The van der Waals surface area contributed by atoms with Crippen molar-refractivity contribution in [2.45, 2.75) is 19.4 Å². The normalized spacial score (nSPS) is 17.6. The van der Waals surface area contributed by atoms with Crippen molar-refractivity contribution in [3.05, 3.63) is 71.5 Å². The zero-order valence-corrected chi connectivity index (χ0v) is 14.9. The molecular weight excluding hydrogens is 349 g/mol. The van der Waals surface area contributed by atoms with Crippen molar-refractivity contribution in [3.8, 4) is 0 Å². The van der Waals surface area contributed by atoms with Gasteiger partial charge in [0.15, 0.2) is 12.4 Å². The summed E-state index contributed by atoms with van der Waals surface area (Å²) in [5.74, 6) is -2.13. The smallest absolute Gasteiger partial charge is 0.311 e. The van der Waals surface area contributed by atoms with Crippen molar-refractivity contribution in [2.75, 3.05) is 13.2 Å². The third-order valence-corrected chi connectivity index (χ3v) is 4.75. The molecule has 6 heteroatoms. The number of hydrogen-bond acceptors (Lipinski definition) is 4. The van der Waals surface area contributed by atoms with Crippen LogP contribution in [-0.4, -0.2) is 35.7 Å². The quantitative estimate of drug-likeness (QED) is 0.580. The van der Waals surface area contributed by atoms with Gasteiger partial charge in [0, 0.05) is 18.5 Å². The highest BCUT2D eigenvalue weighted by molar-refractivity contribution is 5.98. The van der Waals surface area contributed by atoms with Gasteiger partial charge in [0.1, 0.15) is 5.82 Å². The number of hydrogen-bond donors (Lipinski definition) is 0. The second kappa shape index (κ2) is 8.12. The minimum absolute atomic E-state index is 0.0702. The Kier molecular flexibility index (Phi) is 5.64. The predicted octanol–water partition coefficient (Wildman–Crippen LogP) is 3.16. The highest BCUT2D eigenvalue weighted by atomic mass is 19.1. The topological polar surface area (TPSA) is 63.7 Å². The SMILES string of the molecule is C[C@@H](c1ccccc1)N1C[C@H](C(=O)OCC(=O)c2ccc(F)cc2)CC1=O. The summed E-state index contributed by atoms with van der Waals surface area (Å²) in [5.41, 5.74) is 1.26. The molecule has 1 aliphatic rings. The van der Waals surface area contributed by atoms with E-state index in [0.717, 1.165) is 5.56 Å². The molecule has 0 unspecified atom stereocenters. The number of rotatable bonds is 6. The molecular formula is C21H20FNO4. The molecule has 0 saturated carbocycles. The number of carbonyl (C=O) groups is 3. The lowest BCUT2D eigenvalue weighted by molar-refractivity contribution is -0.147. The van der Waals surface area contributed by atoms with Crippen LogP contribution in [0.3, 0.4) is 0 Å². The van der Waals surface area contributed by atoms with Crippen LogP contribution in [0.15, 0.2) is 54.6 Å².